The van der Waals surface area contributed by atoms with Crippen LogP contribution in [-0.4, -0.2) is 221 Å². The van der Waals surface area contributed by atoms with Crippen molar-refractivity contribution in [3.05, 3.63) is 127 Å². The smallest absolute Gasteiger partial charge is 0.306 e. The summed E-state index contributed by atoms with van der Waals surface area (Å²) in [7, 11) is 3.29. The molecule has 14 rings (SSSR count). The lowest BCUT2D eigenvalue weighted by atomic mass is 9.64. The Morgan fingerprint density at radius 1 is 0.378 bits per heavy atom. The van der Waals surface area contributed by atoms with Crippen molar-refractivity contribution in [1.82, 2.24) is 25.2 Å². The number of hydroxylamine groups is 4. The molecule has 812 valence electrons. The van der Waals surface area contributed by atoms with Gasteiger partial charge in [0.05, 0.1) is 85.0 Å². The minimum atomic E-state index is -0.576. The molecule has 0 bridgehead atoms. The normalized spacial score (nSPS) is 26.4. The maximum absolute atomic E-state index is 15.1. The summed E-state index contributed by atoms with van der Waals surface area (Å²) in [5, 5.41) is 38.3. The minimum absolute atomic E-state index is 0.00230. The summed E-state index contributed by atoms with van der Waals surface area (Å²) in [4.78, 5) is 169. The largest absolute Gasteiger partial charge is 0.506 e. The monoisotopic (exact) mass is 2040 g/mol. The van der Waals surface area contributed by atoms with E-state index >= 15 is 4.79 Å². The summed E-state index contributed by atoms with van der Waals surface area (Å²) < 4.78 is 23.8. The molecule has 0 radical (unpaired) electrons. The number of aliphatic hydroxyl groups excluding tert-OH is 2. The highest BCUT2D eigenvalue weighted by molar-refractivity contribution is 6.43. The van der Waals surface area contributed by atoms with Gasteiger partial charge in [-0.3, -0.25) is 47.9 Å². The molecule has 29 nitrogen and oxygen atoms in total. The van der Waals surface area contributed by atoms with Crippen molar-refractivity contribution in [1.29, 1.82) is 0 Å². The number of fused-ring (bicyclic) bond motifs is 4. The van der Waals surface area contributed by atoms with E-state index in [1.165, 1.54) is 0 Å². The van der Waals surface area contributed by atoms with Crippen LogP contribution in [0.1, 0.15) is 381 Å². The number of Topliss-reactive ketones (excluding diaryl/α,β-unsaturated/α-hetero) is 2. The third-order valence-corrected chi connectivity index (χ3v) is 34.0. The van der Waals surface area contributed by atoms with Gasteiger partial charge in [0, 0.05) is 212 Å². The molecule has 4 amide bonds. The molecule has 29 heteroatoms. The first-order chi connectivity index (χ1) is 68.1. The molecule has 0 spiro atoms. The highest BCUT2D eigenvalue weighted by Crippen LogP contribution is 2.59. The number of nitrogens with zero attached hydrogens (tertiary/aromatic N) is 8. The van der Waals surface area contributed by atoms with E-state index in [9.17, 15) is 53.4 Å². The van der Waals surface area contributed by atoms with Crippen molar-refractivity contribution >= 4 is 104 Å². The summed E-state index contributed by atoms with van der Waals surface area (Å²) in [6, 6.07) is 8.16. The standard InChI is InChI=1S/C60H88N6O10.C59H85N5O8/c1-33(2)63-35(5)59(15,16)41-25-39(43(27-45(41)63)61-47(67)21-23-49(69)75-37-29-55(7,8)65(73-19)56(9,10)30-37)51-53(71)52(54(51)72)40-26-42-46(64(34(3)4)36(6)60(42,17)18)28-44(40)62-48(68)22-24-50(70)76-38-31-57(11,12)66(74-20)58(13,14)32-38;1-32(2)63-34(5)58(15,16)40-23-38(42(25-44(40)63)60-46(65)19-21-48(67)71-36-27-54(7,8)31-55(9,10)28-36)50-52(69)51(53(50)70)39-24-41-45(64(33(3)4)35(6)59(41,17)18)26-43(39)61-47(66)20-22-49(68)72-37-29-56(11,12)62-57(13,14)30-37/h25-28,33-38,71H,21-24,29-32H2,1-20H3,(H,61,67);23-26,32-37,62,69H,19-22,27-31H2,1-18H3,(H,61,66). The summed E-state index contributed by atoms with van der Waals surface area (Å²) in [5.74, 6) is -5.40. The number of ether oxygens (including phenoxy) is 4. The third kappa shape index (κ3) is 22.7. The topological polar surface area (TPSA) is 347 Å². The van der Waals surface area contributed by atoms with Crippen LogP contribution in [0, 0.1) is 21.7 Å². The molecular formula is C119H173N11O18. The second-order valence-electron chi connectivity index (χ2n) is 52.8. The van der Waals surface area contributed by atoms with Gasteiger partial charge in [-0.2, -0.15) is 10.1 Å². The number of anilines is 4. The maximum atomic E-state index is 15.1. The maximum Gasteiger partial charge on any atom is 0.306 e. The van der Waals surface area contributed by atoms with Crippen molar-refractivity contribution < 1.29 is 86.8 Å². The van der Waals surface area contributed by atoms with E-state index in [2.05, 4.69) is 239 Å². The van der Waals surface area contributed by atoms with E-state index in [0.29, 0.717) is 72.2 Å². The SMILES string of the molecule is CC(C)N1C2=CC(=NC(=O)CCC(=O)OC3CC(C)(C)CC(C)(C)C3)C(=C3C(=O)C(c4cc5c(cc4NC(=O)CCC(=O)OC4CC(C)(C)NC(C)(C)C4)N(C(C)C)C(C)C5(C)C)=C3O)C=C2C(C)(C)C1C.CON1C(C)(C)CC(OC(=O)CCC(=O)N=C2C=C3C(=CC2=C2C(=O)C(c4cc5c(cc4NC(=O)CCC(=O)OC4CC(C)(C)N(OC)C(C)(C)C4)N(C(C)C)C(C)C5(C)C)=C2O)C(C)(C)C(C)N3C(C)C)CC1(C)C. The lowest BCUT2D eigenvalue weighted by Gasteiger charge is -2.52. The van der Waals surface area contributed by atoms with Crippen LogP contribution < -0.4 is 25.8 Å². The molecule has 0 aromatic heterocycles. The average Bonchev–Trinajstić information content (AvgIpc) is 1.52. The quantitative estimate of drug-likeness (QED) is 0.0332. The van der Waals surface area contributed by atoms with Crippen LogP contribution >= 0.6 is 0 Å². The predicted molar refractivity (Wildman–Crippen MR) is 582 cm³/mol. The zero-order valence-electron chi connectivity index (χ0n) is 96.1. The van der Waals surface area contributed by atoms with E-state index in [1.807, 2.05) is 114 Å². The number of carbonyl (C=O) groups excluding carboxylic acids is 10. The molecule has 148 heavy (non-hydrogen) atoms. The van der Waals surface area contributed by atoms with Crippen LogP contribution in [-0.2, 0) is 87.4 Å². The van der Waals surface area contributed by atoms with Crippen LogP contribution in [0.2, 0.25) is 0 Å². The van der Waals surface area contributed by atoms with Gasteiger partial charge in [0.25, 0.3) is 0 Å². The van der Waals surface area contributed by atoms with Gasteiger partial charge in [-0.15, -0.1) is 0 Å². The van der Waals surface area contributed by atoms with Crippen molar-refractivity contribution in [2.45, 2.75) is 475 Å². The van der Waals surface area contributed by atoms with Crippen molar-refractivity contribution in [2.75, 3.05) is 34.7 Å². The molecule has 2 aromatic carbocycles. The molecule has 2 aromatic rings. The number of aliphatic imine (C=N–C) groups is 2. The third-order valence-electron chi connectivity index (χ3n) is 34.0. The molecule has 12 aliphatic rings. The Balaban J connectivity index is 0.000000247. The van der Waals surface area contributed by atoms with Gasteiger partial charge in [-0.25, -0.2) is 9.98 Å². The molecule has 7 heterocycles. The van der Waals surface area contributed by atoms with E-state index in [-0.39, 0.29) is 202 Å². The van der Waals surface area contributed by atoms with E-state index < -0.39 is 92.1 Å². The Labute approximate surface area is 880 Å². The summed E-state index contributed by atoms with van der Waals surface area (Å²) >= 11 is 0. The molecular weight excluding hydrogens is 1870 g/mol. The number of ketones is 2. The minimum Gasteiger partial charge on any atom is -0.506 e. The zero-order valence-corrected chi connectivity index (χ0v) is 96.1. The number of benzene rings is 2. The molecule has 7 aliphatic heterocycles. The number of nitrogens with one attached hydrogen (secondary N) is 3. The number of piperidine rings is 3. The number of rotatable bonds is 26. The molecule has 5 aliphatic carbocycles. The number of amides is 4. The number of hydrogen-bond acceptors (Lipinski definition) is 25. The Hall–Kier alpha value is -10.2. The number of aliphatic hydroxyl groups is 2. The fourth-order valence-electron chi connectivity index (χ4n) is 27.6. The Bertz CT molecular complexity index is 5970. The molecule has 4 atom stereocenters. The van der Waals surface area contributed by atoms with Gasteiger partial charge >= 0.3 is 23.9 Å². The first kappa shape index (κ1) is 115. The van der Waals surface area contributed by atoms with Crippen LogP contribution in [0.3, 0.4) is 0 Å². The van der Waals surface area contributed by atoms with Crippen LogP contribution in [0.15, 0.2) is 115 Å². The van der Waals surface area contributed by atoms with Crippen LogP contribution in [0.5, 0.6) is 0 Å². The summed E-state index contributed by atoms with van der Waals surface area (Å²) in [6.07, 6.45) is 10.9. The lowest BCUT2D eigenvalue weighted by Crippen LogP contribution is -2.61. The van der Waals surface area contributed by atoms with Crippen LogP contribution in [0.4, 0.5) is 22.7 Å². The van der Waals surface area contributed by atoms with Crippen molar-refractivity contribution in [3.63, 3.8) is 0 Å². The summed E-state index contributed by atoms with van der Waals surface area (Å²) in [6.45, 7) is 76.2. The van der Waals surface area contributed by atoms with Crippen molar-refractivity contribution in [3.8, 4) is 0 Å². The molecule has 6 fully saturated rings. The Morgan fingerprint density at radius 2 is 0.662 bits per heavy atom. The average molecular weight is 2050 g/mol. The van der Waals surface area contributed by atoms with Gasteiger partial charge in [0.15, 0.2) is 0 Å². The lowest BCUT2D eigenvalue weighted by molar-refractivity contribution is -0.278. The fraction of sp³-hybridized carbons (Fsp3) is 0.664. The van der Waals surface area contributed by atoms with Crippen molar-refractivity contribution in [2.24, 2.45) is 31.6 Å². The summed E-state index contributed by atoms with van der Waals surface area (Å²) in [5.41, 5.74) is 6.29. The van der Waals surface area contributed by atoms with E-state index in [4.69, 9.17) is 28.6 Å². The number of allylic oxidation sites excluding steroid dienone is 12. The molecule has 5 N–H and O–H groups in total. The number of likely N-dealkylation sites (tertiary alicyclic amines) is 2. The number of carbonyl (C=O) groups is 10. The predicted octanol–water partition coefficient (Wildman–Crippen LogP) is 21.6. The Kier molecular flexibility index (Phi) is 31.9. The van der Waals surface area contributed by atoms with Gasteiger partial charge in [-0.1, -0.05) is 83.1 Å². The molecule has 5 saturated heterocycles. The molecule has 4 unspecified atom stereocenters. The first-order valence-corrected chi connectivity index (χ1v) is 54.0. The van der Waals surface area contributed by atoms with Gasteiger partial charge in [0.2, 0.25) is 35.2 Å². The second kappa shape index (κ2) is 41.1. The first-order valence-electron chi connectivity index (χ1n) is 54.0. The number of esters is 4. The highest BCUT2D eigenvalue weighted by atomic mass is 16.7. The highest BCUT2D eigenvalue weighted by Gasteiger charge is 2.56. The van der Waals surface area contributed by atoms with Gasteiger partial charge < -0.3 is 74.4 Å². The van der Waals surface area contributed by atoms with Crippen LogP contribution in [0.25, 0.3) is 11.1 Å². The second-order valence-corrected chi connectivity index (χ2v) is 52.8. The fourth-order valence-corrected chi connectivity index (χ4v) is 27.6. The van der Waals surface area contributed by atoms with E-state index in [0.717, 1.165) is 64.3 Å². The number of hydrogen-bond donors (Lipinski definition) is 5. The zero-order chi connectivity index (χ0) is 110. The van der Waals surface area contributed by atoms with E-state index in [1.54, 1.807) is 14.2 Å². The van der Waals surface area contributed by atoms with Gasteiger partial charge in [0.1, 0.15) is 35.9 Å². The molecule has 1 saturated carbocycles. The Morgan fingerprint density at radius 3 is 0.953 bits per heavy atom. The van der Waals surface area contributed by atoms with Gasteiger partial charge in [-0.05, 0) is 267 Å².